The molecule has 0 saturated heterocycles. The smallest absolute Gasteiger partial charge is 0.244 e. The fraction of sp³-hybridized carbons (Fsp3) is 0.500. The first-order valence-electron chi connectivity index (χ1n) is 4.45. The summed E-state index contributed by atoms with van der Waals surface area (Å²) < 4.78 is 27.0. The van der Waals surface area contributed by atoms with Gasteiger partial charge >= 0.3 is 0 Å². The monoisotopic (exact) mass is 390 g/mol. The first kappa shape index (κ1) is 14.6. The molecule has 4 nitrogen and oxygen atoms in total. The third kappa shape index (κ3) is 3.27. The summed E-state index contributed by atoms with van der Waals surface area (Å²) in [6.07, 6.45) is 0. The molecule has 0 amide bonds. The molecule has 0 spiro atoms. The Morgan fingerprint density at radius 1 is 1.50 bits per heavy atom. The van der Waals surface area contributed by atoms with E-state index in [-0.39, 0.29) is 0 Å². The zero-order valence-electron chi connectivity index (χ0n) is 8.83. The van der Waals surface area contributed by atoms with E-state index in [4.69, 9.17) is 0 Å². The summed E-state index contributed by atoms with van der Waals surface area (Å²) in [6.45, 7) is 1.07. The minimum Gasteiger partial charge on any atom is -0.318 e. The number of halogens is 2. The second-order valence-corrected chi connectivity index (χ2v) is 8.88. The number of hydrogen-bond acceptors (Lipinski definition) is 4. The molecule has 92 valence electrons. The van der Waals surface area contributed by atoms with Gasteiger partial charge in [-0.2, -0.15) is 4.31 Å². The van der Waals surface area contributed by atoms with Crippen molar-refractivity contribution in [2.45, 2.75) is 4.90 Å². The zero-order valence-corrected chi connectivity index (χ0v) is 13.6. The zero-order chi connectivity index (χ0) is 12.3. The van der Waals surface area contributed by atoms with Gasteiger partial charge in [0.25, 0.3) is 0 Å². The molecule has 0 fully saturated rings. The van der Waals surface area contributed by atoms with Gasteiger partial charge in [-0.15, -0.1) is 11.3 Å². The van der Waals surface area contributed by atoms with Crippen LogP contribution < -0.4 is 5.32 Å². The minimum absolute atomic E-state index is 0.308. The van der Waals surface area contributed by atoms with Gasteiger partial charge in [0, 0.05) is 20.1 Å². The Bertz CT molecular complexity index is 459. The lowest BCUT2D eigenvalue weighted by Crippen LogP contribution is -2.32. The number of nitrogens with zero attached hydrogens (tertiary/aromatic N) is 1. The van der Waals surface area contributed by atoms with E-state index in [1.807, 2.05) is 0 Å². The number of sulfonamides is 1. The SMILES string of the molecule is CNCCN(C)S(=O)(=O)c1cc(Br)sc1Br. The standard InChI is InChI=1S/C8H12Br2N2O2S2/c1-11-3-4-12(2)16(13,14)6-5-7(9)15-8(6)10/h5,11H,3-4H2,1-2H3. The third-order valence-electron chi connectivity index (χ3n) is 1.99. The van der Waals surface area contributed by atoms with Crippen molar-refractivity contribution in [3.8, 4) is 0 Å². The summed E-state index contributed by atoms with van der Waals surface area (Å²) in [5, 5.41) is 2.92. The van der Waals surface area contributed by atoms with Crippen LogP contribution in [0.2, 0.25) is 0 Å². The highest BCUT2D eigenvalue weighted by Gasteiger charge is 2.24. The first-order valence-corrected chi connectivity index (χ1v) is 8.29. The fourth-order valence-corrected chi connectivity index (χ4v) is 5.99. The van der Waals surface area contributed by atoms with Gasteiger partial charge in [-0.3, -0.25) is 0 Å². The molecule has 1 rings (SSSR count). The molecule has 0 unspecified atom stereocenters. The lowest BCUT2D eigenvalue weighted by atomic mass is 10.6. The predicted molar refractivity (Wildman–Crippen MR) is 73.5 cm³/mol. The molecule has 16 heavy (non-hydrogen) atoms. The van der Waals surface area contributed by atoms with Crippen LogP contribution >= 0.6 is 43.2 Å². The largest absolute Gasteiger partial charge is 0.318 e. The third-order valence-corrected chi connectivity index (χ3v) is 6.60. The Balaban J connectivity index is 2.97. The molecule has 1 aromatic heterocycles. The number of nitrogens with one attached hydrogen (secondary N) is 1. The van der Waals surface area contributed by atoms with Crippen molar-refractivity contribution >= 4 is 53.2 Å². The Kier molecular flexibility index (Phi) is 5.40. The summed E-state index contributed by atoms with van der Waals surface area (Å²) >= 11 is 7.88. The van der Waals surface area contributed by atoms with Crippen LogP contribution in [0.25, 0.3) is 0 Å². The van der Waals surface area contributed by atoms with E-state index in [1.54, 1.807) is 20.2 Å². The normalized spacial score (nSPS) is 12.3. The molecule has 0 aromatic carbocycles. The van der Waals surface area contributed by atoms with E-state index in [0.29, 0.717) is 21.8 Å². The van der Waals surface area contributed by atoms with E-state index < -0.39 is 10.0 Å². The van der Waals surface area contributed by atoms with Gasteiger partial charge in [0.1, 0.15) is 4.90 Å². The van der Waals surface area contributed by atoms with Crippen LogP contribution in [0.15, 0.2) is 18.5 Å². The summed E-state index contributed by atoms with van der Waals surface area (Å²) in [6, 6.07) is 1.61. The topological polar surface area (TPSA) is 49.4 Å². The molecule has 8 heteroatoms. The molecule has 1 aromatic rings. The van der Waals surface area contributed by atoms with Gasteiger partial charge in [-0.1, -0.05) is 0 Å². The Hall–Kier alpha value is 0.530. The van der Waals surface area contributed by atoms with Gasteiger partial charge in [0.15, 0.2) is 0 Å². The summed E-state index contributed by atoms with van der Waals surface area (Å²) in [5.41, 5.74) is 0. The van der Waals surface area contributed by atoms with Crippen LogP contribution in [0.5, 0.6) is 0 Å². The molecular weight excluding hydrogens is 380 g/mol. The van der Waals surface area contributed by atoms with E-state index in [2.05, 4.69) is 37.2 Å². The highest BCUT2D eigenvalue weighted by atomic mass is 79.9. The van der Waals surface area contributed by atoms with Crippen LogP contribution in [0.3, 0.4) is 0 Å². The average Bonchev–Trinajstić information content (AvgIpc) is 2.54. The molecule has 1 N–H and O–H groups in total. The Labute approximate surface area is 116 Å². The molecule has 0 aliphatic carbocycles. The second kappa shape index (κ2) is 5.92. The van der Waals surface area contributed by atoms with Crippen LogP contribution in [-0.2, 0) is 10.0 Å². The maximum Gasteiger partial charge on any atom is 0.244 e. The number of thiophene rings is 1. The van der Waals surface area contributed by atoms with Gasteiger partial charge in [-0.05, 0) is 45.0 Å². The molecule has 0 radical (unpaired) electrons. The highest BCUT2D eigenvalue weighted by Crippen LogP contribution is 2.35. The van der Waals surface area contributed by atoms with Crippen molar-refractivity contribution in [3.05, 3.63) is 13.6 Å². The number of likely N-dealkylation sites (N-methyl/N-ethyl adjacent to an activating group) is 2. The van der Waals surface area contributed by atoms with Crippen molar-refractivity contribution in [2.24, 2.45) is 0 Å². The maximum absolute atomic E-state index is 12.1. The van der Waals surface area contributed by atoms with E-state index in [0.717, 1.165) is 3.79 Å². The lowest BCUT2D eigenvalue weighted by Gasteiger charge is -2.16. The Morgan fingerprint density at radius 2 is 2.12 bits per heavy atom. The summed E-state index contributed by atoms with van der Waals surface area (Å²) in [4.78, 5) is 0.308. The van der Waals surface area contributed by atoms with Crippen molar-refractivity contribution in [1.29, 1.82) is 0 Å². The number of hydrogen-bond donors (Lipinski definition) is 1. The minimum atomic E-state index is -3.39. The van der Waals surface area contributed by atoms with Crippen molar-refractivity contribution in [1.82, 2.24) is 9.62 Å². The Morgan fingerprint density at radius 3 is 2.56 bits per heavy atom. The molecular formula is C8H12Br2N2O2S2. The van der Waals surface area contributed by atoms with Crippen LogP contribution in [0, 0.1) is 0 Å². The average molecular weight is 392 g/mol. The van der Waals surface area contributed by atoms with E-state index in [1.165, 1.54) is 15.6 Å². The van der Waals surface area contributed by atoms with Crippen molar-refractivity contribution in [2.75, 3.05) is 27.2 Å². The molecule has 0 saturated carbocycles. The van der Waals surface area contributed by atoms with Gasteiger partial charge in [-0.25, -0.2) is 8.42 Å². The molecule has 0 atom stereocenters. The van der Waals surface area contributed by atoms with Crippen molar-refractivity contribution < 1.29 is 8.42 Å². The van der Waals surface area contributed by atoms with E-state index in [9.17, 15) is 8.42 Å². The quantitative estimate of drug-likeness (QED) is 0.836. The molecule has 0 aliphatic rings. The maximum atomic E-state index is 12.1. The van der Waals surface area contributed by atoms with Crippen LogP contribution in [-0.4, -0.2) is 39.9 Å². The second-order valence-electron chi connectivity index (χ2n) is 3.12. The lowest BCUT2D eigenvalue weighted by molar-refractivity contribution is 0.466. The molecule has 1 heterocycles. The van der Waals surface area contributed by atoms with Crippen LogP contribution in [0.1, 0.15) is 0 Å². The molecule has 0 aliphatic heterocycles. The highest BCUT2D eigenvalue weighted by molar-refractivity contribution is 9.12. The van der Waals surface area contributed by atoms with Crippen molar-refractivity contribution in [3.63, 3.8) is 0 Å². The van der Waals surface area contributed by atoms with E-state index >= 15 is 0 Å². The predicted octanol–water partition coefficient (Wildman–Crippen LogP) is 2.11. The first-order chi connectivity index (χ1) is 7.39. The van der Waals surface area contributed by atoms with Gasteiger partial charge in [0.2, 0.25) is 10.0 Å². The van der Waals surface area contributed by atoms with Crippen LogP contribution in [0.4, 0.5) is 0 Å². The van der Waals surface area contributed by atoms with Gasteiger partial charge < -0.3 is 5.32 Å². The fourth-order valence-electron chi connectivity index (χ4n) is 1.06. The number of rotatable bonds is 5. The summed E-state index contributed by atoms with van der Waals surface area (Å²) in [5.74, 6) is 0. The summed E-state index contributed by atoms with van der Waals surface area (Å²) in [7, 11) is -0.0309. The van der Waals surface area contributed by atoms with Gasteiger partial charge in [0.05, 0.1) is 7.57 Å². The molecule has 0 bridgehead atoms.